The Morgan fingerprint density at radius 3 is 2.19 bits per heavy atom. The van der Waals surface area contributed by atoms with Gasteiger partial charge in [0, 0.05) is 18.7 Å². The van der Waals surface area contributed by atoms with Gasteiger partial charge in [0.1, 0.15) is 11.5 Å². The van der Waals surface area contributed by atoms with Crippen LogP contribution in [-0.2, 0) is 14.9 Å². The number of hydrogen-bond acceptors (Lipinski definition) is 4. The van der Waals surface area contributed by atoms with E-state index >= 15 is 0 Å². The van der Waals surface area contributed by atoms with Crippen LogP contribution in [0.15, 0.2) is 12.1 Å². The molecule has 0 amide bonds. The number of rotatable bonds is 7. The van der Waals surface area contributed by atoms with Crippen molar-refractivity contribution in [2.24, 2.45) is 17.8 Å². The molecule has 4 fully saturated rings. The third-order valence-corrected chi connectivity index (χ3v) is 6.79. The molecular weight excluding hydrogens is 340 g/mol. The Balaban J connectivity index is 1.77. The van der Waals surface area contributed by atoms with Crippen LogP contribution in [0.4, 0.5) is 0 Å². The van der Waals surface area contributed by atoms with Gasteiger partial charge < -0.3 is 18.9 Å². The van der Waals surface area contributed by atoms with E-state index in [9.17, 15) is 0 Å². The minimum Gasteiger partial charge on any atom is -0.495 e. The highest BCUT2D eigenvalue weighted by Crippen LogP contribution is 2.62. The molecule has 0 aromatic heterocycles. The van der Waals surface area contributed by atoms with Crippen LogP contribution in [0.3, 0.4) is 0 Å². The maximum atomic E-state index is 6.17. The summed E-state index contributed by atoms with van der Waals surface area (Å²) in [5, 5.41) is 0. The van der Waals surface area contributed by atoms with Crippen LogP contribution in [0.25, 0.3) is 0 Å². The third kappa shape index (κ3) is 3.32. The summed E-state index contributed by atoms with van der Waals surface area (Å²) in [6.45, 7) is 1.71. The normalized spacial score (nSPS) is 32.1. The Labute approximate surface area is 162 Å². The summed E-state index contributed by atoms with van der Waals surface area (Å²) in [6.07, 6.45) is 13.7. The number of ether oxygens (including phenoxy) is 4. The summed E-state index contributed by atoms with van der Waals surface area (Å²) in [6, 6.07) is 4.05. The van der Waals surface area contributed by atoms with Crippen molar-refractivity contribution in [3.63, 3.8) is 0 Å². The van der Waals surface area contributed by atoms with E-state index in [1.54, 1.807) is 14.2 Å². The van der Waals surface area contributed by atoms with Crippen molar-refractivity contribution in [3.05, 3.63) is 23.3 Å². The maximum absolute atomic E-state index is 6.17. The average molecular weight is 370 g/mol. The SMILES string of the molecule is C#Cc1cc(C23CC4CC(CC(C4)C2)C3)c(OC(OC)OCC)cc1OC. The summed E-state index contributed by atoms with van der Waals surface area (Å²) in [7, 11) is 3.23. The Hall–Kier alpha value is -1.70. The van der Waals surface area contributed by atoms with Crippen molar-refractivity contribution >= 4 is 0 Å². The quantitative estimate of drug-likeness (QED) is 0.523. The summed E-state index contributed by atoms with van der Waals surface area (Å²) in [5.41, 5.74) is 2.17. The van der Waals surface area contributed by atoms with Gasteiger partial charge in [0.25, 0.3) is 0 Å². The highest BCUT2D eigenvalue weighted by molar-refractivity contribution is 5.56. The fourth-order valence-corrected chi connectivity index (χ4v) is 6.19. The van der Waals surface area contributed by atoms with Gasteiger partial charge in [0.15, 0.2) is 0 Å². The lowest BCUT2D eigenvalue weighted by molar-refractivity contribution is -0.231. The molecule has 1 aromatic rings. The molecule has 27 heavy (non-hydrogen) atoms. The molecule has 4 aliphatic rings. The second-order valence-corrected chi connectivity index (χ2v) is 8.49. The van der Waals surface area contributed by atoms with E-state index < -0.39 is 6.48 Å². The van der Waals surface area contributed by atoms with E-state index in [-0.39, 0.29) is 5.41 Å². The molecule has 0 spiro atoms. The number of terminal acetylenes is 1. The fourth-order valence-electron chi connectivity index (χ4n) is 6.19. The van der Waals surface area contributed by atoms with Gasteiger partial charge >= 0.3 is 6.48 Å². The van der Waals surface area contributed by atoms with Crippen molar-refractivity contribution in [3.8, 4) is 23.8 Å². The zero-order valence-electron chi connectivity index (χ0n) is 16.6. The monoisotopic (exact) mass is 370 g/mol. The molecule has 146 valence electrons. The van der Waals surface area contributed by atoms with E-state index in [1.807, 2.05) is 13.0 Å². The van der Waals surface area contributed by atoms with Crippen LogP contribution in [0, 0.1) is 30.1 Å². The molecule has 0 saturated heterocycles. The predicted molar refractivity (Wildman–Crippen MR) is 104 cm³/mol. The third-order valence-electron chi connectivity index (χ3n) is 6.79. The van der Waals surface area contributed by atoms with Crippen molar-refractivity contribution in [2.45, 2.75) is 57.3 Å². The van der Waals surface area contributed by atoms with Gasteiger partial charge in [0.05, 0.1) is 19.3 Å². The highest BCUT2D eigenvalue weighted by Gasteiger charge is 2.52. The molecule has 4 nitrogen and oxygen atoms in total. The molecule has 5 rings (SSSR count). The van der Waals surface area contributed by atoms with Gasteiger partial charge in [-0.2, -0.15) is 0 Å². The lowest BCUT2D eigenvalue weighted by Crippen LogP contribution is -2.48. The number of benzene rings is 1. The van der Waals surface area contributed by atoms with Crippen LogP contribution >= 0.6 is 0 Å². The largest absolute Gasteiger partial charge is 0.495 e. The van der Waals surface area contributed by atoms with Crippen LogP contribution in [0.2, 0.25) is 0 Å². The first-order valence-electron chi connectivity index (χ1n) is 10.1. The molecule has 1 aromatic carbocycles. The molecule has 0 heterocycles. The molecule has 0 aliphatic heterocycles. The fraction of sp³-hybridized carbons (Fsp3) is 0.652. The first-order chi connectivity index (χ1) is 13.1. The number of methoxy groups -OCH3 is 2. The van der Waals surface area contributed by atoms with Crippen molar-refractivity contribution in [1.29, 1.82) is 0 Å². The van der Waals surface area contributed by atoms with Crippen LogP contribution in [0.5, 0.6) is 11.5 Å². The van der Waals surface area contributed by atoms with Gasteiger partial charge in [-0.05, 0) is 74.7 Å². The summed E-state index contributed by atoms with van der Waals surface area (Å²) in [5.74, 6) is 6.76. The first-order valence-corrected chi connectivity index (χ1v) is 10.1. The second kappa shape index (κ2) is 7.37. The summed E-state index contributed by atoms with van der Waals surface area (Å²) >= 11 is 0. The average Bonchev–Trinajstić information content (AvgIpc) is 2.66. The van der Waals surface area contributed by atoms with Crippen LogP contribution in [0.1, 0.15) is 56.6 Å². The van der Waals surface area contributed by atoms with Crippen molar-refractivity contribution < 1.29 is 18.9 Å². The number of hydrogen-bond donors (Lipinski definition) is 0. The zero-order chi connectivity index (χ0) is 19.0. The van der Waals surface area contributed by atoms with Gasteiger partial charge in [-0.3, -0.25) is 0 Å². The van der Waals surface area contributed by atoms with Gasteiger partial charge in [-0.15, -0.1) is 6.42 Å². The molecular formula is C23H30O4. The van der Waals surface area contributed by atoms with Crippen LogP contribution < -0.4 is 9.47 Å². The van der Waals surface area contributed by atoms with E-state index in [0.717, 1.165) is 29.1 Å². The summed E-state index contributed by atoms with van der Waals surface area (Å²) in [4.78, 5) is 0. The Kier molecular flexibility index (Phi) is 5.09. The van der Waals surface area contributed by atoms with Crippen LogP contribution in [-0.4, -0.2) is 27.3 Å². The lowest BCUT2D eigenvalue weighted by atomic mass is 9.48. The highest BCUT2D eigenvalue weighted by atomic mass is 16.8. The standard InChI is InChI=1S/C23H30O4/c1-5-18-10-19(21(11-20(18)24-3)27-22(25-4)26-6-2)23-12-15-7-16(13-23)9-17(8-15)14-23/h1,10-11,15-17,22H,6-9,12-14H2,2-4H3. The van der Waals surface area contributed by atoms with E-state index in [2.05, 4.69) is 12.0 Å². The lowest BCUT2D eigenvalue weighted by Gasteiger charge is -2.57. The van der Waals surface area contributed by atoms with Gasteiger partial charge in [-0.1, -0.05) is 5.92 Å². The Bertz CT molecular complexity index is 697. The smallest absolute Gasteiger partial charge is 0.315 e. The predicted octanol–water partition coefficient (Wildman–Crippen LogP) is 4.49. The Morgan fingerprint density at radius 2 is 1.70 bits per heavy atom. The maximum Gasteiger partial charge on any atom is 0.315 e. The van der Waals surface area contributed by atoms with Gasteiger partial charge in [0.2, 0.25) is 0 Å². The first kappa shape index (κ1) is 18.7. The minimum atomic E-state index is -0.732. The van der Waals surface area contributed by atoms with Crippen molar-refractivity contribution in [2.75, 3.05) is 20.8 Å². The summed E-state index contributed by atoms with van der Waals surface area (Å²) < 4.78 is 22.6. The molecule has 1 unspecified atom stereocenters. The molecule has 4 aliphatic carbocycles. The van der Waals surface area contributed by atoms with Gasteiger partial charge in [-0.25, -0.2) is 0 Å². The van der Waals surface area contributed by atoms with E-state index in [0.29, 0.717) is 12.4 Å². The van der Waals surface area contributed by atoms with Crippen molar-refractivity contribution in [1.82, 2.24) is 0 Å². The molecule has 4 heteroatoms. The molecule has 0 radical (unpaired) electrons. The minimum absolute atomic E-state index is 0.159. The van der Waals surface area contributed by atoms with E-state index in [1.165, 1.54) is 44.1 Å². The van der Waals surface area contributed by atoms with E-state index in [4.69, 9.17) is 25.4 Å². The Morgan fingerprint density at radius 1 is 1.07 bits per heavy atom. The molecule has 1 atom stereocenters. The topological polar surface area (TPSA) is 36.9 Å². The molecule has 4 saturated carbocycles. The zero-order valence-corrected chi connectivity index (χ0v) is 16.6. The molecule has 0 N–H and O–H groups in total. The second-order valence-electron chi connectivity index (χ2n) is 8.49. The molecule has 4 bridgehead atoms.